The van der Waals surface area contributed by atoms with E-state index in [-0.39, 0.29) is 0 Å². The largest absolute Gasteiger partial charge is 0.383 e. The molecule has 0 aromatic heterocycles. The molecule has 0 saturated heterocycles. The topological polar surface area (TPSA) is 19.4 Å². The number of fused-ring (bicyclic) bond motifs is 40. The van der Waals surface area contributed by atoms with Crippen molar-refractivity contribution in [1.82, 2.24) is 0 Å². The molecule has 0 spiro atoms. The minimum atomic E-state index is 0.291. The zero-order chi connectivity index (χ0) is 85.7. The Kier molecular flexibility index (Phi) is 18.8. The Morgan fingerprint density at radius 1 is 0.177 bits per heavy atom. The van der Waals surface area contributed by atoms with Crippen molar-refractivity contribution < 1.29 is 0 Å². The van der Waals surface area contributed by atoms with E-state index in [1.807, 2.05) is 0 Å². The van der Waals surface area contributed by atoms with Gasteiger partial charge in [0.2, 0.25) is 0 Å². The van der Waals surface area contributed by atoms with Crippen LogP contribution < -0.4 is 56.2 Å². The first kappa shape index (κ1) is 76.3. The predicted molar refractivity (Wildman–Crippen MR) is 568 cm³/mol. The van der Waals surface area contributed by atoms with E-state index in [9.17, 15) is 0 Å². The highest BCUT2D eigenvalue weighted by Crippen LogP contribution is 2.48. The van der Waals surface area contributed by atoms with Gasteiger partial charge in [-0.3, -0.25) is 0 Å². The maximum Gasteiger partial charge on any atom is 0.320 e. The van der Waals surface area contributed by atoms with Crippen LogP contribution in [0.15, 0.2) is 480 Å². The van der Waals surface area contributed by atoms with Crippen molar-refractivity contribution >= 4 is 207 Å². The lowest BCUT2D eigenvalue weighted by atomic mass is 9.49. The molecule has 18 aromatic rings. The fourth-order valence-electron chi connectivity index (χ4n) is 21.9. The molecule has 12 heterocycles. The third-order valence-corrected chi connectivity index (χ3v) is 27.8. The third kappa shape index (κ3) is 12.9. The van der Waals surface area contributed by atoms with E-state index in [0.29, 0.717) is 41.1 Å². The predicted octanol–water partition coefficient (Wildman–Crippen LogP) is 25.2. The summed E-state index contributed by atoms with van der Waals surface area (Å²) in [4.78, 5) is 14.3. The lowest BCUT2D eigenvalue weighted by Crippen LogP contribution is -2.49. The van der Waals surface area contributed by atoms with Gasteiger partial charge in [-0.15, -0.1) is 0 Å². The molecule has 12 aliphatic rings. The molecular formula is C118H82B6N6. The van der Waals surface area contributed by atoms with Crippen molar-refractivity contribution in [3.8, 4) is 33.4 Å². The van der Waals surface area contributed by atoms with E-state index in [2.05, 4.69) is 527 Å². The van der Waals surface area contributed by atoms with Crippen molar-refractivity contribution in [3.63, 3.8) is 0 Å². The zero-order valence-corrected chi connectivity index (χ0v) is 71.5. The molecule has 0 unspecified atom stereocenters. The van der Waals surface area contributed by atoms with Gasteiger partial charge in [-0.05, 0) is 223 Å². The Morgan fingerprint density at radius 3 is 1.28 bits per heavy atom. The van der Waals surface area contributed by atoms with Crippen molar-refractivity contribution in [1.29, 1.82) is 0 Å². The molecule has 0 N–H and O–H groups in total. The Morgan fingerprint density at radius 2 is 0.592 bits per heavy atom. The second kappa shape index (κ2) is 32.1. The Bertz CT molecular complexity index is 8050. The summed E-state index contributed by atoms with van der Waals surface area (Å²) in [6, 6.07) is 123. The van der Waals surface area contributed by atoms with Gasteiger partial charge >= 0.3 is 41.1 Å². The number of allylic oxidation sites excluding steroid dienone is 10. The first-order valence-corrected chi connectivity index (χ1v) is 45.4. The van der Waals surface area contributed by atoms with Crippen LogP contribution in [0.25, 0.3) is 138 Å². The van der Waals surface area contributed by atoms with Crippen LogP contribution in [0.1, 0.15) is 16.7 Å². The molecule has 0 bridgehead atoms. The van der Waals surface area contributed by atoms with E-state index in [4.69, 9.17) is 0 Å². The van der Waals surface area contributed by atoms with Crippen molar-refractivity contribution in [3.05, 3.63) is 496 Å². The first-order valence-electron chi connectivity index (χ1n) is 45.4. The van der Waals surface area contributed by atoms with Gasteiger partial charge in [0.1, 0.15) is 0 Å². The molecule has 0 saturated carbocycles. The molecule has 0 fully saturated rings. The number of benzene rings is 18. The summed E-state index contributed by atoms with van der Waals surface area (Å²) in [6.07, 6.45) is 41.2. The number of hydrogen-bond donors (Lipinski definition) is 0. The van der Waals surface area contributed by atoms with Gasteiger partial charge in [-0.2, -0.15) is 0 Å². The van der Waals surface area contributed by atoms with Gasteiger partial charge in [0.15, 0.2) is 0 Å². The highest BCUT2D eigenvalue weighted by atomic mass is 15.1. The van der Waals surface area contributed by atoms with Crippen molar-refractivity contribution in [2.45, 2.75) is 0 Å². The monoisotopic (exact) mass is 1650 g/mol. The molecule has 0 radical (unpaired) electrons. The number of rotatable bonds is 0. The van der Waals surface area contributed by atoms with Crippen molar-refractivity contribution in [2.24, 2.45) is 0 Å². The zero-order valence-electron chi connectivity index (χ0n) is 71.5. The molecule has 6 nitrogen and oxygen atoms in total. The smallest absolute Gasteiger partial charge is 0.320 e. The lowest BCUT2D eigenvalue weighted by molar-refractivity contribution is 1.37. The first-order chi connectivity index (χ1) is 64.5. The van der Waals surface area contributed by atoms with E-state index in [1.54, 1.807) is 0 Å². The Balaban J connectivity index is 0.0000000842. The molecule has 602 valence electrons. The van der Waals surface area contributed by atoms with Crippen LogP contribution in [-0.4, -0.2) is 41.1 Å². The van der Waals surface area contributed by atoms with Crippen LogP contribution >= 0.6 is 0 Å². The molecule has 30 rings (SSSR count). The summed E-state index contributed by atoms with van der Waals surface area (Å²) in [5.41, 5.74) is 26.8. The summed E-state index contributed by atoms with van der Waals surface area (Å²) < 4.78 is 0. The minimum absolute atomic E-state index is 0.291. The summed E-state index contributed by atoms with van der Waals surface area (Å²) in [6.45, 7) is 1.83. The lowest BCUT2D eigenvalue weighted by Gasteiger charge is -2.37. The van der Waals surface area contributed by atoms with Gasteiger partial charge in [0.25, 0.3) is 0 Å². The Hall–Kier alpha value is -16.2. The number of nitrogens with zero attached hydrogens (tertiary/aromatic N) is 6. The van der Waals surface area contributed by atoms with Gasteiger partial charge in [-0.1, -0.05) is 400 Å². The molecular weight excluding hydrogens is 1570 g/mol. The van der Waals surface area contributed by atoms with Gasteiger partial charge in [0.05, 0.1) is 0 Å². The van der Waals surface area contributed by atoms with Crippen LogP contribution in [-0.2, 0) is 0 Å². The normalized spacial score (nSPS) is 15.0. The minimum Gasteiger partial charge on any atom is -0.383 e. The van der Waals surface area contributed by atoms with Gasteiger partial charge in [-0.25, -0.2) is 0 Å². The molecule has 12 heteroatoms. The van der Waals surface area contributed by atoms with Crippen LogP contribution in [0, 0.1) is 0 Å². The highest BCUT2D eigenvalue weighted by Gasteiger charge is 2.39. The Labute approximate surface area is 760 Å². The SMILES string of the molecule is C1=CB2C=Cc3ccc4ccc5ccccc5c4c3N2C=C1.C1=CB2c3cccc4ccc5cccc(c5c34)N2C=C1.C1=CB2c3ccccc3-c3c(ccc4ccccc34)N2C=C1.C1=CB2c3ccccc3-c3cc4ccccc4cc3N2C=C1.C1=CB2c3ccccc3-c3ccc4ccccc4c3N2C=C1.C1=Cc2ccc3ccccc3c2N2C=Cc3ccccc3B12. The van der Waals surface area contributed by atoms with Crippen molar-refractivity contribution in [2.75, 3.05) is 28.9 Å². The molecule has 18 aromatic carbocycles. The summed E-state index contributed by atoms with van der Waals surface area (Å²) >= 11 is 0. The molecule has 0 amide bonds. The van der Waals surface area contributed by atoms with E-state index in [1.165, 1.54) is 198 Å². The van der Waals surface area contributed by atoms with Gasteiger partial charge < -0.3 is 28.9 Å². The van der Waals surface area contributed by atoms with E-state index in [0.717, 1.165) is 0 Å². The van der Waals surface area contributed by atoms with Crippen LogP contribution in [0.2, 0.25) is 0 Å². The standard InChI is InChI=1S/5C20H14BN.C18H12BN/c1-3-7-18-15(5-1)9-10-17-11-13-21-19-8-4-2-6-16(19)12-14-22(21)20(17)18;1-2-8-16-15(7-1)11-12-18-17-9-3-4-10-19(17)21-13-5-6-14-22(21)20(16)18;1-2-8-16-15(7-1)11-12-19-20(16)17-9-3-4-10-18(17)21-13-5-6-14-22(19)21;1-2-8-16-14-20-18(13-15(16)7-1)17-9-3-4-10-19(17)21-11-5-6-12-22(20)21;1-2-6-18-15(5-1)7-8-16-9-10-17-11-13-21-12-3-4-14-22(21)20(17)19(16)18;1-2-12-20-16-8-4-6-14-10-9-13-5-3-7-15(19(20)11-1)17(13)18(14)16/h5*1-14H;1-12H. The average Bonchev–Trinajstić information content (AvgIpc) is 0.724. The van der Waals surface area contributed by atoms with Crippen LogP contribution in [0.3, 0.4) is 0 Å². The number of hydrogen-bond acceptors (Lipinski definition) is 6. The molecule has 12 aliphatic heterocycles. The molecule has 0 atom stereocenters. The maximum absolute atomic E-state index is 2.40. The summed E-state index contributed by atoms with van der Waals surface area (Å²) in [7, 11) is 0. The number of anilines is 6. The summed E-state index contributed by atoms with van der Waals surface area (Å²) in [5, 5.41) is 21.2. The molecule has 130 heavy (non-hydrogen) atoms. The van der Waals surface area contributed by atoms with E-state index < -0.39 is 0 Å². The van der Waals surface area contributed by atoms with E-state index >= 15 is 0 Å². The van der Waals surface area contributed by atoms with Crippen LogP contribution in [0.5, 0.6) is 0 Å². The third-order valence-electron chi connectivity index (χ3n) is 27.8. The second-order valence-corrected chi connectivity index (χ2v) is 34.8. The maximum atomic E-state index is 2.40. The fourth-order valence-corrected chi connectivity index (χ4v) is 21.9. The average molecular weight is 1650 g/mol. The fraction of sp³-hybridized carbons (Fsp3) is 0. The molecule has 0 aliphatic carbocycles. The summed E-state index contributed by atoms with van der Waals surface area (Å²) in [5.74, 6) is 15.9. The van der Waals surface area contributed by atoms with Crippen LogP contribution in [0.4, 0.5) is 34.1 Å². The quantitative estimate of drug-likeness (QED) is 0.111. The second-order valence-electron chi connectivity index (χ2n) is 34.8. The highest BCUT2D eigenvalue weighted by molar-refractivity contribution is 6.87. The van der Waals surface area contributed by atoms with Gasteiger partial charge in [0, 0.05) is 72.4 Å².